The first-order valence-corrected chi connectivity index (χ1v) is 11.7. The molecule has 1 saturated carbocycles. The number of rotatable bonds is 9. The van der Waals surface area contributed by atoms with Gasteiger partial charge in [-0.15, -0.1) is 24.0 Å². The average Bonchev–Trinajstić information content (AvgIpc) is 3.14. The van der Waals surface area contributed by atoms with Crippen LogP contribution in [0.4, 0.5) is 0 Å². The Morgan fingerprint density at radius 1 is 1.09 bits per heavy atom. The summed E-state index contributed by atoms with van der Waals surface area (Å²) >= 11 is 0. The fourth-order valence-corrected chi connectivity index (χ4v) is 4.67. The van der Waals surface area contributed by atoms with E-state index in [2.05, 4.69) is 34.8 Å². The molecule has 0 radical (unpaired) electrons. The minimum Gasteiger partial charge on any atom is -0.493 e. The number of aromatic nitrogens is 1. The number of hydrogen-bond acceptors (Lipinski definition) is 5. The molecule has 1 aromatic carbocycles. The van der Waals surface area contributed by atoms with Crippen molar-refractivity contribution >= 4 is 29.9 Å². The standard InChI is InChI=1S/C25H38N4O3.HI/c1-6-26-24(27-15-12-21-18(2)29-32-19(21)3)28-17-25(13-8-7-9-14-25)20-10-11-22(30-4)23(16-20)31-5;/h10-11,16H,6-9,12-15,17H2,1-5H3,(H2,26,27,28);1H. The molecule has 0 saturated heterocycles. The van der Waals surface area contributed by atoms with Crippen molar-refractivity contribution < 1.29 is 14.0 Å². The molecule has 1 aliphatic rings. The Bertz CT molecular complexity index is 888. The molecule has 0 unspecified atom stereocenters. The monoisotopic (exact) mass is 570 g/mol. The number of benzene rings is 1. The smallest absolute Gasteiger partial charge is 0.191 e. The van der Waals surface area contributed by atoms with E-state index >= 15 is 0 Å². The van der Waals surface area contributed by atoms with E-state index in [0.717, 1.165) is 67.8 Å². The van der Waals surface area contributed by atoms with Crippen LogP contribution in [0.5, 0.6) is 11.5 Å². The lowest BCUT2D eigenvalue weighted by atomic mass is 9.69. The summed E-state index contributed by atoms with van der Waals surface area (Å²) in [6, 6.07) is 6.33. The quantitative estimate of drug-likeness (QED) is 0.253. The summed E-state index contributed by atoms with van der Waals surface area (Å²) in [7, 11) is 3.37. The van der Waals surface area contributed by atoms with Gasteiger partial charge in [-0.3, -0.25) is 4.99 Å². The van der Waals surface area contributed by atoms with Gasteiger partial charge in [0.15, 0.2) is 17.5 Å². The Morgan fingerprint density at radius 2 is 1.82 bits per heavy atom. The van der Waals surface area contributed by atoms with Crippen LogP contribution in [-0.2, 0) is 11.8 Å². The second-order valence-electron chi connectivity index (χ2n) is 8.59. The lowest BCUT2D eigenvalue weighted by Crippen LogP contribution is -2.40. The summed E-state index contributed by atoms with van der Waals surface area (Å²) in [5.74, 6) is 3.29. The van der Waals surface area contributed by atoms with Crippen molar-refractivity contribution in [1.82, 2.24) is 15.8 Å². The van der Waals surface area contributed by atoms with Crippen LogP contribution in [-0.4, -0.2) is 45.0 Å². The normalized spacial score (nSPS) is 15.5. The predicted octanol–water partition coefficient (Wildman–Crippen LogP) is 4.93. The van der Waals surface area contributed by atoms with Gasteiger partial charge in [-0.25, -0.2) is 0 Å². The molecule has 2 N–H and O–H groups in total. The molecule has 0 aliphatic heterocycles. The van der Waals surface area contributed by atoms with Gasteiger partial charge in [0.05, 0.1) is 26.5 Å². The first-order chi connectivity index (χ1) is 15.5. The van der Waals surface area contributed by atoms with Crippen LogP contribution >= 0.6 is 24.0 Å². The van der Waals surface area contributed by atoms with Gasteiger partial charge in [0.1, 0.15) is 5.76 Å². The zero-order chi connectivity index (χ0) is 23.0. The van der Waals surface area contributed by atoms with Crippen LogP contribution in [0.15, 0.2) is 27.7 Å². The molecule has 3 rings (SSSR count). The molecule has 1 fully saturated rings. The fourth-order valence-electron chi connectivity index (χ4n) is 4.67. The number of aliphatic imine (C=N–C) groups is 1. The molecule has 0 atom stereocenters. The summed E-state index contributed by atoms with van der Waals surface area (Å²) in [6.07, 6.45) is 6.84. The Morgan fingerprint density at radius 3 is 2.42 bits per heavy atom. The lowest BCUT2D eigenvalue weighted by Gasteiger charge is -2.37. The minimum absolute atomic E-state index is 0. The van der Waals surface area contributed by atoms with Crippen LogP contribution < -0.4 is 20.1 Å². The molecule has 1 heterocycles. The maximum absolute atomic E-state index is 5.59. The number of guanidine groups is 1. The molecule has 1 aromatic heterocycles. The highest BCUT2D eigenvalue weighted by Gasteiger charge is 2.34. The van der Waals surface area contributed by atoms with Crippen LogP contribution in [0.1, 0.15) is 61.6 Å². The highest BCUT2D eigenvalue weighted by Crippen LogP contribution is 2.42. The van der Waals surface area contributed by atoms with Gasteiger partial charge in [-0.1, -0.05) is 30.5 Å². The van der Waals surface area contributed by atoms with E-state index in [1.807, 2.05) is 19.9 Å². The molecule has 184 valence electrons. The second-order valence-corrected chi connectivity index (χ2v) is 8.59. The zero-order valence-corrected chi connectivity index (χ0v) is 23.0. The third-order valence-corrected chi connectivity index (χ3v) is 6.54. The van der Waals surface area contributed by atoms with E-state index in [1.54, 1.807) is 14.2 Å². The van der Waals surface area contributed by atoms with Crippen LogP contribution in [0.25, 0.3) is 0 Å². The minimum atomic E-state index is 0. The molecule has 0 spiro atoms. The van der Waals surface area contributed by atoms with Crippen molar-refractivity contribution in [2.24, 2.45) is 4.99 Å². The summed E-state index contributed by atoms with van der Waals surface area (Å²) < 4.78 is 16.3. The van der Waals surface area contributed by atoms with Crippen molar-refractivity contribution in [3.63, 3.8) is 0 Å². The molecule has 0 bridgehead atoms. The van der Waals surface area contributed by atoms with Crippen LogP contribution in [0, 0.1) is 13.8 Å². The number of aryl methyl sites for hydroxylation is 2. The summed E-state index contributed by atoms with van der Waals surface area (Å²) in [5, 5.41) is 10.9. The van der Waals surface area contributed by atoms with Crippen molar-refractivity contribution in [1.29, 1.82) is 0 Å². The first kappa shape index (κ1) is 27.3. The number of methoxy groups -OCH3 is 2. The van der Waals surface area contributed by atoms with Gasteiger partial charge < -0.3 is 24.6 Å². The third-order valence-electron chi connectivity index (χ3n) is 6.54. The van der Waals surface area contributed by atoms with Crippen LogP contribution in [0.3, 0.4) is 0 Å². The summed E-state index contributed by atoms with van der Waals surface area (Å²) in [4.78, 5) is 5.03. The van der Waals surface area contributed by atoms with E-state index in [9.17, 15) is 0 Å². The lowest BCUT2D eigenvalue weighted by molar-refractivity contribution is 0.298. The highest BCUT2D eigenvalue weighted by molar-refractivity contribution is 14.0. The van der Waals surface area contributed by atoms with Gasteiger partial charge in [0.2, 0.25) is 0 Å². The van der Waals surface area contributed by atoms with Crippen LogP contribution in [0.2, 0.25) is 0 Å². The van der Waals surface area contributed by atoms with Gasteiger partial charge in [-0.05, 0) is 57.7 Å². The topological polar surface area (TPSA) is 80.9 Å². The fraction of sp³-hybridized carbons (Fsp3) is 0.600. The van der Waals surface area contributed by atoms with E-state index in [4.69, 9.17) is 19.0 Å². The number of halogens is 1. The first-order valence-electron chi connectivity index (χ1n) is 11.7. The number of nitrogens with zero attached hydrogens (tertiary/aromatic N) is 2. The van der Waals surface area contributed by atoms with Crippen molar-refractivity contribution in [3.05, 3.63) is 40.8 Å². The molecular formula is C25H39IN4O3. The van der Waals surface area contributed by atoms with E-state index < -0.39 is 0 Å². The maximum Gasteiger partial charge on any atom is 0.191 e. The molecule has 8 heteroatoms. The predicted molar refractivity (Wildman–Crippen MR) is 143 cm³/mol. The Hall–Kier alpha value is -1.97. The summed E-state index contributed by atoms with van der Waals surface area (Å²) in [5.41, 5.74) is 3.43. The Kier molecular flexibility index (Phi) is 10.8. The number of hydrogen-bond donors (Lipinski definition) is 2. The van der Waals surface area contributed by atoms with Gasteiger partial charge in [0, 0.05) is 24.1 Å². The highest BCUT2D eigenvalue weighted by atomic mass is 127. The maximum atomic E-state index is 5.59. The van der Waals surface area contributed by atoms with Crippen molar-refractivity contribution in [2.75, 3.05) is 33.9 Å². The molecule has 2 aromatic rings. The van der Waals surface area contributed by atoms with Gasteiger partial charge >= 0.3 is 0 Å². The zero-order valence-electron chi connectivity index (χ0n) is 20.6. The van der Waals surface area contributed by atoms with E-state index in [-0.39, 0.29) is 29.4 Å². The van der Waals surface area contributed by atoms with Crippen molar-refractivity contribution in [3.8, 4) is 11.5 Å². The van der Waals surface area contributed by atoms with Gasteiger partial charge in [-0.2, -0.15) is 0 Å². The molecule has 33 heavy (non-hydrogen) atoms. The Labute approximate surface area is 215 Å². The average molecular weight is 571 g/mol. The molecule has 0 amide bonds. The summed E-state index contributed by atoms with van der Waals surface area (Å²) in [6.45, 7) is 8.38. The number of nitrogens with one attached hydrogen (secondary N) is 2. The molecular weight excluding hydrogens is 531 g/mol. The molecule has 1 aliphatic carbocycles. The van der Waals surface area contributed by atoms with E-state index in [1.165, 1.54) is 30.4 Å². The van der Waals surface area contributed by atoms with Crippen molar-refractivity contribution in [2.45, 2.75) is 64.7 Å². The number of ether oxygens (including phenoxy) is 2. The second kappa shape index (κ2) is 13.1. The largest absolute Gasteiger partial charge is 0.493 e. The SMILES string of the molecule is CCNC(=NCC1(c2ccc(OC)c(OC)c2)CCCCC1)NCCc1c(C)noc1C.I. The Balaban J connectivity index is 0.00000385. The molecule has 7 nitrogen and oxygen atoms in total. The van der Waals surface area contributed by atoms with Gasteiger partial charge in [0.25, 0.3) is 0 Å². The van der Waals surface area contributed by atoms with E-state index in [0.29, 0.717) is 0 Å². The third kappa shape index (κ3) is 6.77.